The standard InChI is InChI=1S/C15H17Cl2NO3/c1-9(21-14-6-11(16)5-12(17)7-14)15(20)18-13-3-2-10(4-13)8-19/h2-3,5-7,9-10,13,19H,4,8H2,1H3,(H,18,20)/t9?,10-,13+/m0/s1. The van der Waals surface area contributed by atoms with Crippen LogP contribution in [-0.2, 0) is 4.79 Å². The van der Waals surface area contributed by atoms with Gasteiger partial charge in [-0.05, 0) is 31.5 Å². The minimum absolute atomic E-state index is 0.0661. The fourth-order valence-corrected chi connectivity index (χ4v) is 2.68. The van der Waals surface area contributed by atoms with E-state index in [9.17, 15) is 4.79 Å². The average molecular weight is 330 g/mol. The van der Waals surface area contributed by atoms with Crippen LogP contribution in [0, 0.1) is 5.92 Å². The fourth-order valence-electron chi connectivity index (χ4n) is 2.17. The molecule has 0 saturated carbocycles. The summed E-state index contributed by atoms with van der Waals surface area (Å²) in [6.07, 6.45) is 3.84. The molecular weight excluding hydrogens is 313 g/mol. The van der Waals surface area contributed by atoms with Crippen LogP contribution in [0.2, 0.25) is 10.0 Å². The van der Waals surface area contributed by atoms with E-state index in [2.05, 4.69) is 5.32 Å². The van der Waals surface area contributed by atoms with Gasteiger partial charge in [-0.3, -0.25) is 4.79 Å². The lowest BCUT2D eigenvalue weighted by Crippen LogP contribution is -2.41. The van der Waals surface area contributed by atoms with Gasteiger partial charge in [-0.15, -0.1) is 0 Å². The van der Waals surface area contributed by atoms with Crippen molar-refractivity contribution < 1.29 is 14.6 Å². The van der Waals surface area contributed by atoms with Crippen LogP contribution in [0.25, 0.3) is 0 Å². The molecule has 114 valence electrons. The van der Waals surface area contributed by atoms with Gasteiger partial charge in [0, 0.05) is 28.6 Å². The molecule has 0 fully saturated rings. The molecule has 0 radical (unpaired) electrons. The number of hydrogen-bond acceptors (Lipinski definition) is 3. The first kappa shape index (κ1) is 16.1. The van der Waals surface area contributed by atoms with E-state index in [4.69, 9.17) is 33.0 Å². The molecule has 1 aliphatic rings. The predicted octanol–water partition coefficient (Wildman–Crippen LogP) is 2.81. The molecule has 1 aromatic rings. The zero-order valence-electron chi connectivity index (χ0n) is 11.6. The van der Waals surface area contributed by atoms with Crippen LogP contribution in [0.15, 0.2) is 30.4 Å². The normalized spacial score (nSPS) is 22.1. The van der Waals surface area contributed by atoms with Crippen LogP contribution in [-0.4, -0.2) is 29.8 Å². The van der Waals surface area contributed by atoms with Crippen LogP contribution < -0.4 is 10.1 Å². The Labute approximate surface area is 133 Å². The Kier molecular flexibility index (Phi) is 5.51. The molecule has 0 saturated heterocycles. The molecule has 21 heavy (non-hydrogen) atoms. The topological polar surface area (TPSA) is 58.6 Å². The molecule has 2 rings (SSSR count). The first-order valence-electron chi connectivity index (χ1n) is 6.70. The molecule has 2 N–H and O–H groups in total. The number of aliphatic hydroxyl groups is 1. The van der Waals surface area contributed by atoms with Gasteiger partial charge >= 0.3 is 0 Å². The first-order chi connectivity index (χ1) is 9.97. The summed E-state index contributed by atoms with van der Waals surface area (Å²) in [5.41, 5.74) is 0. The first-order valence-corrected chi connectivity index (χ1v) is 7.46. The molecule has 0 heterocycles. The number of nitrogens with one attached hydrogen (secondary N) is 1. The highest BCUT2D eigenvalue weighted by Gasteiger charge is 2.23. The molecule has 0 spiro atoms. The van der Waals surface area contributed by atoms with Crippen molar-refractivity contribution in [1.82, 2.24) is 5.32 Å². The Bertz CT molecular complexity index is 527. The van der Waals surface area contributed by atoms with E-state index >= 15 is 0 Å². The van der Waals surface area contributed by atoms with Crippen molar-refractivity contribution >= 4 is 29.1 Å². The van der Waals surface area contributed by atoms with E-state index in [-0.39, 0.29) is 24.5 Å². The highest BCUT2D eigenvalue weighted by atomic mass is 35.5. The maximum Gasteiger partial charge on any atom is 0.261 e. The van der Waals surface area contributed by atoms with Crippen molar-refractivity contribution in [2.45, 2.75) is 25.5 Å². The van der Waals surface area contributed by atoms with Gasteiger partial charge in [-0.25, -0.2) is 0 Å². The molecule has 6 heteroatoms. The van der Waals surface area contributed by atoms with E-state index in [1.807, 2.05) is 12.2 Å². The molecule has 0 bridgehead atoms. The van der Waals surface area contributed by atoms with Crippen LogP contribution in [0.3, 0.4) is 0 Å². The minimum Gasteiger partial charge on any atom is -0.481 e. The van der Waals surface area contributed by atoms with E-state index in [0.717, 1.165) is 0 Å². The zero-order valence-corrected chi connectivity index (χ0v) is 13.1. The number of amides is 1. The fraction of sp³-hybridized carbons (Fsp3) is 0.400. The Morgan fingerprint density at radius 1 is 1.38 bits per heavy atom. The largest absolute Gasteiger partial charge is 0.481 e. The number of ether oxygens (including phenoxy) is 1. The Balaban J connectivity index is 1.89. The lowest BCUT2D eigenvalue weighted by atomic mass is 10.1. The molecule has 1 aromatic carbocycles. The third-order valence-electron chi connectivity index (χ3n) is 3.25. The van der Waals surface area contributed by atoms with Gasteiger partial charge in [0.05, 0.1) is 0 Å². The predicted molar refractivity (Wildman–Crippen MR) is 82.8 cm³/mol. The van der Waals surface area contributed by atoms with Gasteiger partial charge in [0.15, 0.2) is 6.10 Å². The summed E-state index contributed by atoms with van der Waals surface area (Å²) in [6, 6.07) is 4.74. The molecule has 1 unspecified atom stereocenters. The van der Waals surface area contributed by atoms with Gasteiger partial charge in [0.1, 0.15) is 5.75 Å². The van der Waals surface area contributed by atoms with Crippen LogP contribution in [0.1, 0.15) is 13.3 Å². The number of aliphatic hydroxyl groups excluding tert-OH is 1. The van der Waals surface area contributed by atoms with E-state index in [0.29, 0.717) is 22.2 Å². The lowest BCUT2D eigenvalue weighted by molar-refractivity contribution is -0.127. The quantitative estimate of drug-likeness (QED) is 0.816. The molecule has 0 aliphatic heterocycles. The molecule has 1 aliphatic carbocycles. The second-order valence-corrected chi connectivity index (χ2v) is 5.92. The highest BCUT2D eigenvalue weighted by Crippen LogP contribution is 2.25. The number of carbonyl (C=O) groups excluding carboxylic acids is 1. The summed E-state index contributed by atoms with van der Waals surface area (Å²) in [5.74, 6) is 0.336. The Morgan fingerprint density at radius 3 is 2.62 bits per heavy atom. The highest BCUT2D eigenvalue weighted by molar-refractivity contribution is 6.34. The van der Waals surface area contributed by atoms with Gasteiger partial charge < -0.3 is 15.2 Å². The zero-order chi connectivity index (χ0) is 15.4. The van der Waals surface area contributed by atoms with Gasteiger partial charge in [0.2, 0.25) is 0 Å². The van der Waals surface area contributed by atoms with Crippen molar-refractivity contribution in [2.75, 3.05) is 6.61 Å². The summed E-state index contributed by atoms with van der Waals surface area (Å²) in [6.45, 7) is 1.75. The van der Waals surface area contributed by atoms with Gasteiger partial charge in [-0.2, -0.15) is 0 Å². The summed E-state index contributed by atoms with van der Waals surface area (Å²) in [4.78, 5) is 12.1. The number of hydrogen-bond donors (Lipinski definition) is 2. The monoisotopic (exact) mass is 329 g/mol. The smallest absolute Gasteiger partial charge is 0.261 e. The maximum absolute atomic E-state index is 12.1. The molecular formula is C15H17Cl2NO3. The van der Waals surface area contributed by atoms with Crippen molar-refractivity contribution in [2.24, 2.45) is 5.92 Å². The summed E-state index contributed by atoms with van der Waals surface area (Å²) < 4.78 is 5.55. The van der Waals surface area contributed by atoms with Crippen molar-refractivity contribution in [1.29, 1.82) is 0 Å². The minimum atomic E-state index is -0.666. The Morgan fingerprint density at radius 2 is 2.05 bits per heavy atom. The lowest BCUT2D eigenvalue weighted by Gasteiger charge is -2.18. The average Bonchev–Trinajstić information content (AvgIpc) is 2.85. The third-order valence-corrected chi connectivity index (χ3v) is 3.69. The molecule has 3 atom stereocenters. The summed E-state index contributed by atoms with van der Waals surface area (Å²) in [7, 11) is 0. The van der Waals surface area contributed by atoms with E-state index in [1.165, 1.54) is 0 Å². The van der Waals surface area contributed by atoms with Gasteiger partial charge in [-0.1, -0.05) is 35.4 Å². The molecule has 0 aromatic heterocycles. The van der Waals surface area contributed by atoms with Crippen LogP contribution in [0.4, 0.5) is 0 Å². The van der Waals surface area contributed by atoms with Gasteiger partial charge in [0.25, 0.3) is 5.91 Å². The SMILES string of the molecule is CC(Oc1cc(Cl)cc(Cl)c1)C(=O)N[C@@H]1C=C[C@H](CO)C1. The van der Waals surface area contributed by atoms with Crippen molar-refractivity contribution in [3.8, 4) is 5.75 Å². The summed E-state index contributed by atoms with van der Waals surface area (Å²) in [5, 5.41) is 12.8. The maximum atomic E-state index is 12.1. The number of halogens is 2. The Hall–Kier alpha value is -1.23. The number of rotatable bonds is 5. The summed E-state index contributed by atoms with van der Waals surface area (Å²) >= 11 is 11.8. The second kappa shape index (κ2) is 7.16. The van der Waals surface area contributed by atoms with E-state index < -0.39 is 6.10 Å². The van der Waals surface area contributed by atoms with Crippen LogP contribution in [0.5, 0.6) is 5.75 Å². The van der Waals surface area contributed by atoms with Crippen LogP contribution >= 0.6 is 23.2 Å². The van der Waals surface area contributed by atoms with Crippen molar-refractivity contribution in [3.63, 3.8) is 0 Å². The molecule has 1 amide bonds. The van der Waals surface area contributed by atoms with E-state index in [1.54, 1.807) is 25.1 Å². The molecule has 4 nitrogen and oxygen atoms in total. The van der Waals surface area contributed by atoms with Crippen molar-refractivity contribution in [3.05, 3.63) is 40.4 Å². The number of benzene rings is 1. The third kappa shape index (κ3) is 4.63. The number of carbonyl (C=O) groups is 1. The second-order valence-electron chi connectivity index (χ2n) is 5.04.